The van der Waals surface area contributed by atoms with Gasteiger partial charge in [-0.2, -0.15) is 0 Å². The molecular formula is C15H15ClFNO. The molecule has 0 aliphatic carbocycles. The lowest BCUT2D eigenvalue weighted by molar-refractivity contribution is 0.164. The van der Waals surface area contributed by atoms with Crippen molar-refractivity contribution in [1.29, 1.82) is 0 Å². The number of aliphatic hydroxyl groups excluding tert-OH is 1. The lowest BCUT2D eigenvalue weighted by atomic mass is 9.86. The second-order valence-corrected chi connectivity index (χ2v) is 4.82. The number of hydrogen-bond donors (Lipinski definition) is 2. The predicted molar refractivity (Wildman–Crippen MR) is 74.8 cm³/mol. The molecule has 2 aromatic rings. The lowest BCUT2D eigenvalue weighted by Gasteiger charge is -2.23. The molecule has 0 saturated heterocycles. The first kappa shape index (κ1) is 14.0. The average Bonchev–Trinajstić information content (AvgIpc) is 2.41. The molecule has 2 aromatic carbocycles. The largest absolute Gasteiger partial charge is 0.391 e. The molecular weight excluding hydrogens is 265 g/mol. The van der Waals surface area contributed by atoms with Gasteiger partial charge in [0.2, 0.25) is 0 Å². The van der Waals surface area contributed by atoms with Crippen molar-refractivity contribution in [1.82, 2.24) is 0 Å². The van der Waals surface area contributed by atoms with Crippen molar-refractivity contribution in [2.75, 3.05) is 6.54 Å². The van der Waals surface area contributed by atoms with Gasteiger partial charge in [0.05, 0.1) is 6.10 Å². The first-order valence-electron chi connectivity index (χ1n) is 6.01. The Labute approximate surface area is 116 Å². The Morgan fingerprint density at radius 3 is 2.37 bits per heavy atom. The Balaban J connectivity index is 2.44. The summed E-state index contributed by atoms with van der Waals surface area (Å²) in [6.07, 6.45) is -0.746. The standard InChI is InChI=1S/C15H15ClFNO/c16-12-3-1-2-11(8-12)15(14(19)9-18)10-4-6-13(17)7-5-10/h1-8,14-15,19H,9,18H2/t14-,15-/m0/s1. The molecule has 0 radical (unpaired) electrons. The molecule has 2 atom stereocenters. The van der Waals surface area contributed by atoms with E-state index in [1.54, 1.807) is 24.3 Å². The number of hydrogen-bond acceptors (Lipinski definition) is 2. The van der Waals surface area contributed by atoms with Crippen LogP contribution in [0.2, 0.25) is 5.02 Å². The van der Waals surface area contributed by atoms with Crippen LogP contribution < -0.4 is 5.73 Å². The fourth-order valence-electron chi connectivity index (χ4n) is 2.14. The van der Waals surface area contributed by atoms with Crippen molar-refractivity contribution in [3.63, 3.8) is 0 Å². The van der Waals surface area contributed by atoms with Crippen molar-refractivity contribution in [3.8, 4) is 0 Å². The predicted octanol–water partition coefficient (Wildman–Crippen LogP) is 2.93. The zero-order valence-electron chi connectivity index (χ0n) is 10.3. The number of nitrogens with two attached hydrogens (primary N) is 1. The highest BCUT2D eigenvalue weighted by Gasteiger charge is 2.22. The molecule has 0 aromatic heterocycles. The Bertz CT molecular complexity index is 544. The highest BCUT2D eigenvalue weighted by atomic mass is 35.5. The van der Waals surface area contributed by atoms with Gasteiger partial charge in [-0.25, -0.2) is 4.39 Å². The Hall–Kier alpha value is -1.42. The van der Waals surface area contributed by atoms with E-state index < -0.39 is 6.10 Å². The molecule has 100 valence electrons. The molecule has 0 unspecified atom stereocenters. The zero-order chi connectivity index (χ0) is 13.8. The number of rotatable bonds is 4. The van der Waals surface area contributed by atoms with Crippen LogP contribution in [0, 0.1) is 5.82 Å². The smallest absolute Gasteiger partial charge is 0.123 e. The van der Waals surface area contributed by atoms with Crippen molar-refractivity contribution in [3.05, 3.63) is 70.5 Å². The summed E-state index contributed by atoms with van der Waals surface area (Å²) in [5, 5.41) is 10.7. The second kappa shape index (κ2) is 6.15. The van der Waals surface area contributed by atoms with E-state index in [2.05, 4.69) is 0 Å². The van der Waals surface area contributed by atoms with Crippen molar-refractivity contribution >= 4 is 11.6 Å². The van der Waals surface area contributed by atoms with Gasteiger partial charge in [-0.3, -0.25) is 0 Å². The van der Waals surface area contributed by atoms with Gasteiger partial charge < -0.3 is 10.8 Å². The fourth-order valence-corrected chi connectivity index (χ4v) is 2.34. The van der Waals surface area contributed by atoms with Gasteiger partial charge >= 0.3 is 0 Å². The van der Waals surface area contributed by atoms with E-state index in [1.807, 2.05) is 12.1 Å². The summed E-state index contributed by atoms with van der Waals surface area (Å²) in [5.74, 6) is -0.625. The minimum atomic E-state index is -0.746. The third kappa shape index (κ3) is 3.32. The summed E-state index contributed by atoms with van der Waals surface area (Å²) in [4.78, 5) is 0. The maximum Gasteiger partial charge on any atom is 0.123 e. The minimum absolute atomic E-state index is 0.120. The first-order valence-corrected chi connectivity index (χ1v) is 6.38. The van der Waals surface area contributed by atoms with Gasteiger partial charge in [0.1, 0.15) is 5.82 Å². The highest BCUT2D eigenvalue weighted by Crippen LogP contribution is 2.29. The zero-order valence-corrected chi connectivity index (χ0v) is 11.0. The van der Waals surface area contributed by atoms with Crippen LogP contribution in [0.1, 0.15) is 17.0 Å². The average molecular weight is 280 g/mol. The van der Waals surface area contributed by atoms with Crippen molar-refractivity contribution < 1.29 is 9.50 Å². The number of aliphatic hydroxyl groups is 1. The third-order valence-electron chi connectivity index (χ3n) is 3.06. The molecule has 3 N–H and O–H groups in total. The van der Waals surface area contributed by atoms with Gasteiger partial charge in [0, 0.05) is 17.5 Å². The van der Waals surface area contributed by atoms with Gasteiger partial charge in [-0.15, -0.1) is 0 Å². The maximum absolute atomic E-state index is 13.0. The molecule has 0 heterocycles. The van der Waals surface area contributed by atoms with Crippen LogP contribution in [-0.2, 0) is 0 Å². The van der Waals surface area contributed by atoms with E-state index in [-0.39, 0.29) is 18.3 Å². The molecule has 19 heavy (non-hydrogen) atoms. The van der Waals surface area contributed by atoms with Gasteiger partial charge in [-0.1, -0.05) is 35.9 Å². The molecule has 0 bridgehead atoms. The minimum Gasteiger partial charge on any atom is -0.391 e. The fraction of sp³-hybridized carbons (Fsp3) is 0.200. The first-order chi connectivity index (χ1) is 9.11. The van der Waals surface area contributed by atoms with Crippen LogP contribution >= 0.6 is 11.6 Å². The third-order valence-corrected chi connectivity index (χ3v) is 3.30. The summed E-state index contributed by atoms with van der Waals surface area (Å²) >= 11 is 5.98. The van der Waals surface area contributed by atoms with E-state index in [0.717, 1.165) is 11.1 Å². The van der Waals surface area contributed by atoms with Crippen LogP contribution in [0.5, 0.6) is 0 Å². The molecule has 2 nitrogen and oxygen atoms in total. The van der Waals surface area contributed by atoms with Crippen LogP contribution in [0.25, 0.3) is 0 Å². The number of halogens is 2. The summed E-state index contributed by atoms with van der Waals surface area (Å²) in [7, 11) is 0. The normalized spacial score (nSPS) is 14.1. The van der Waals surface area contributed by atoms with Crippen molar-refractivity contribution in [2.45, 2.75) is 12.0 Å². The SMILES string of the molecule is NC[C@H](O)[C@@H](c1ccc(F)cc1)c1cccc(Cl)c1. The molecule has 0 spiro atoms. The summed E-state index contributed by atoms with van der Waals surface area (Å²) in [6, 6.07) is 13.3. The summed E-state index contributed by atoms with van der Waals surface area (Å²) in [6.45, 7) is 0.120. The molecule has 0 aliphatic rings. The van der Waals surface area contributed by atoms with E-state index in [9.17, 15) is 9.50 Å². The van der Waals surface area contributed by atoms with Crippen LogP contribution in [0.3, 0.4) is 0 Å². The van der Waals surface area contributed by atoms with E-state index in [0.29, 0.717) is 5.02 Å². The molecule has 0 amide bonds. The number of benzene rings is 2. The molecule has 4 heteroatoms. The molecule has 0 saturated carbocycles. The van der Waals surface area contributed by atoms with Gasteiger partial charge in [0.25, 0.3) is 0 Å². The Morgan fingerprint density at radius 1 is 1.11 bits per heavy atom. The van der Waals surface area contributed by atoms with Gasteiger partial charge in [-0.05, 0) is 35.4 Å². The molecule has 0 fully saturated rings. The van der Waals surface area contributed by atoms with Crippen molar-refractivity contribution in [2.24, 2.45) is 5.73 Å². The quantitative estimate of drug-likeness (QED) is 0.904. The van der Waals surface area contributed by atoms with Gasteiger partial charge in [0.15, 0.2) is 0 Å². The highest BCUT2D eigenvalue weighted by molar-refractivity contribution is 6.30. The Kier molecular flexibility index (Phi) is 4.53. The van der Waals surface area contributed by atoms with E-state index in [4.69, 9.17) is 17.3 Å². The maximum atomic E-state index is 13.0. The summed E-state index contributed by atoms with van der Waals surface area (Å²) in [5.41, 5.74) is 7.22. The van der Waals surface area contributed by atoms with Crippen LogP contribution in [0.15, 0.2) is 48.5 Å². The van der Waals surface area contributed by atoms with Crippen LogP contribution in [0.4, 0.5) is 4.39 Å². The topological polar surface area (TPSA) is 46.2 Å². The second-order valence-electron chi connectivity index (χ2n) is 4.39. The monoisotopic (exact) mass is 279 g/mol. The van der Waals surface area contributed by atoms with E-state index >= 15 is 0 Å². The molecule has 0 aliphatic heterocycles. The Morgan fingerprint density at radius 2 is 1.79 bits per heavy atom. The summed E-state index contributed by atoms with van der Waals surface area (Å²) < 4.78 is 13.0. The molecule has 2 rings (SSSR count). The lowest BCUT2D eigenvalue weighted by Crippen LogP contribution is -2.28. The van der Waals surface area contributed by atoms with Crippen LogP contribution in [-0.4, -0.2) is 17.8 Å². The van der Waals surface area contributed by atoms with E-state index in [1.165, 1.54) is 12.1 Å².